The van der Waals surface area contributed by atoms with Gasteiger partial charge >= 0.3 is 0 Å². The number of fused-ring (bicyclic) bond motifs is 10. The van der Waals surface area contributed by atoms with E-state index in [9.17, 15) is 10.1 Å². The SMILES string of the molecule is CCCCCCCCCCC(CCCCCCCC)c1cc(C)cc(-c2cc([N+](=O)[O-])c3nc4c5ccc6c7ccc8c(=O)n9c%10cc(-c%11cc(O[Si](C)(C)C)cc(C(CCCCCCCC)CCCCCCCCCC)c%11)cc(N)c%10nc9c9ccc(c%10ccc(c(=O)n4c3c2)c5c%106)c7c89)c1. The summed E-state index contributed by atoms with van der Waals surface area (Å²) < 4.78 is 10.3. The summed E-state index contributed by atoms with van der Waals surface area (Å²) in [6.45, 7) is 18.0. The molecule has 0 radical (unpaired) electrons. The molecule has 13 rings (SSSR count). The molecule has 0 bridgehead atoms. The van der Waals surface area contributed by atoms with E-state index in [-0.39, 0.29) is 27.2 Å². The molecule has 0 saturated heterocycles. The predicted octanol–water partition coefficient (Wildman–Crippen LogP) is 26.3. The van der Waals surface area contributed by atoms with Gasteiger partial charge in [0.2, 0.25) is 8.32 Å². The Labute approximate surface area is 604 Å². The van der Waals surface area contributed by atoms with Crippen molar-refractivity contribution in [1.29, 1.82) is 0 Å². The number of benzene rings is 9. The van der Waals surface area contributed by atoms with E-state index in [4.69, 9.17) is 20.1 Å². The molecule has 12 heteroatoms. The Bertz CT molecular complexity index is 5220. The third kappa shape index (κ3) is 15.0. The van der Waals surface area contributed by atoms with Gasteiger partial charge in [-0.15, -0.1) is 0 Å². The van der Waals surface area contributed by atoms with Gasteiger partial charge in [-0.05, 0) is 184 Å². The molecule has 0 saturated carbocycles. The Morgan fingerprint density at radius 1 is 0.422 bits per heavy atom. The van der Waals surface area contributed by atoms with Gasteiger partial charge in [-0.1, -0.05) is 262 Å². The van der Waals surface area contributed by atoms with Crippen molar-refractivity contribution in [3.63, 3.8) is 0 Å². The van der Waals surface area contributed by atoms with E-state index >= 15 is 9.59 Å². The number of imidazole rings is 2. The number of aryl methyl sites for hydroxylation is 1. The monoisotopic (exact) mass is 1380 g/mol. The summed E-state index contributed by atoms with van der Waals surface area (Å²) in [6.07, 6.45) is 40.3. The van der Waals surface area contributed by atoms with Crippen LogP contribution in [0.2, 0.25) is 19.6 Å². The first kappa shape index (κ1) is 72.1. The van der Waals surface area contributed by atoms with Crippen molar-refractivity contribution >= 4 is 118 Å². The van der Waals surface area contributed by atoms with Crippen molar-refractivity contribution < 1.29 is 9.35 Å². The molecule has 9 aromatic carbocycles. The average molecular weight is 1380 g/mol. The van der Waals surface area contributed by atoms with Gasteiger partial charge in [-0.25, -0.2) is 9.97 Å². The van der Waals surface area contributed by atoms with Crippen molar-refractivity contribution in [2.45, 2.75) is 272 Å². The highest BCUT2D eigenvalue weighted by molar-refractivity contribution is 6.70. The van der Waals surface area contributed by atoms with Gasteiger partial charge in [0, 0.05) is 38.4 Å². The molecule has 0 aliphatic heterocycles. The second-order valence-electron chi connectivity index (χ2n) is 31.5. The summed E-state index contributed by atoms with van der Waals surface area (Å²) in [5.41, 5.74) is 17.2. The molecule has 0 aliphatic rings. The number of nitro groups is 1. The molecule has 2 atom stereocenters. The fourth-order valence-corrected chi connectivity index (χ4v) is 18.3. The number of hydrogen-bond acceptors (Lipinski definition) is 8. The molecule has 0 amide bonds. The molecule has 0 spiro atoms. The number of unbranched alkanes of at least 4 members (excludes halogenated alkanes) is 24. The van der Waals surface area contributed by atoms with E-state index in [2.05, 4.69) is 121 Å². The number of hydrogen-bond donors (Lipinski definition) is 1. The molecule has 4 aromatic heterocycles. The Morgan fingerprint density at radius 3 is 1.19 bits per heavy atom. The van der Waals surface area contributed by atoms with Crippen LogP contribution < -0.4 is 21.3 Å². The predicted molar refractivity (Wildman–Crippen MR) is 437 cm³/mol. The summed E-state index contributed by atoms with van der Waals surface area (Å²) in [5, 5.41) is 23.3. The van der Waals surface area contributed by atoms with Crippen LogP contribution in [0.1, 0.15) is 262 Å². The molecular formula is C90H110N6O5Si. The lowest BCUT2D eigenvalue weighted by Gasteiger charge is -2.24. The number of nitrogens with two attached hydrogens (primary N) is 1. The minimum Gasteiger partial charge on any atom is -0.544 e. The van der Waals surface area contributed by atoms with Crippen molar-refractivity contribution in [1.82, 2.24) is 18.8 Å². The minimum absolute atomic E-state index is 0.125. The zero-order valence-electron chi connectivity index (χ0n) is 62.5. The largest absolute Gasteiger partial charge is 0.544 e. The lowest BCUT2D eigenvalue weighted by Crippen LogP contribution is -2.29. The van der Waals surface area contributed by atoms with Gasteiger partial charge in [0.05, 0.1) is 21.6 Å². The van der Waals surface area contributed by atoms with E-state index in [0.717, 1.165) is 108 Å². The van der Waals surface area contributed by atoms with Crippen LogP contribution in [0, 0.1) is 17.0 Å². The third-order valence-electron chi connectivity index (χ3n) is 22.7. The first-order valence-corrected chi connectivity index (χ1v) is 43.3. The van der Waals surface area contributed by atoms with Crippen LogP contribution in [0.3, 0.4) is 0 Å². The fraction of sp³-hybridized carbons (Fsp3) is 0.467. The normalized spacial score (nSPS) is 13.1. The molecular weight excluding hydrogens is 1270 g/mol. The van der Waals surface area contributed by atoms with Crippen LogP contribution in [0.5, 0.6) is 5.75 Å². The first-order valence-electron chi connectivity index (χ1n) is 39.9. The summed E-state index contributed by atoms with van der Waals surface area (Å²) in [7, 11) is -2.02. The molecule has 2 N–H and O–H groups in total. The number of rotatable bonds is 39. The lowest BCUT2D eigenvalue weighted by atomic mass is 9.85. The van der Waals surface area contributed by atoms with Gasteiger partial charge in [0.1, 0.15) is 22.6 Å². The molecule has 102 heavy (non-hydrogen) atoms. The quantitative estimate of drug-likeness (QED) is 0.00762. The van der Waals surface area contributed by atoms with Crippen molar-refractivity contribution in [2.75, 3.05) is 5.73 Å². The average Bonchev–Trinajstić information content (AvgIpc) is 1.17. The molecule has 4 heterocycles. The molecule has 0 aliphatic carbocycles. The number of pyridine rings is 2. The summed E-state index contributed by atoms with van der Waals surface area (Å²) in [6, 6.07) is 37.7. The van der Waals surface area contributed by atoms with Crippen LogP contribution in [0.15, 0.2) is 119 Å². The standard InChI is InChI=1S/C90H110N6O5Si/c1-9-13-17-21-25-27-31-35-38-60(37-33-29-23-19-15-11-3)62-49-59(5)50-63(51-62)67-57-79-86(80(58-67)96(99)100)93-88-74-46-42-70-71-43-47-75-83-73(45-41-69(81(71)83)72-44-48-76(84(74)82(70)72)90(98)95(79)88)87-92-85-77(91)55-66(56-78(85)94(87)89(75)97)65-52-64(53-68(54-65)101-102(6,7)8)61(39-34-30-24-20-16-12-4)40-36-32-28-26-22-18-14-10-2/h41-58,60-61H,9-40,91H2,1-8H3. The van der Waals surface area contributed by atoms with Crippen molar-refractivity contribution in [2.24, 2.45) is 0 Å². The van der Waals surface area contributed by atoms with Crippen molar-refractivity contribution in [3.05, 3.63) is 157 Å². The number of nitrogen functional groups attached to an aromatic ring is 1. The Balaban J connectivity index is 0.877. The zero-order chi connectivity index (χ0) is 71.2. The van der Waals surface area contributed by atoms with Gasteiger partial charge in [-0.2, -0.15) is 0 Å². The number of nitro benzene ring substituents is 1. The van der Waals surface area contributed by atoms with E-state index < -0.39 is 8.32 Å². The van der Waals surface area contributed by atoms with E-state index in [1.807, 2.05) is 36.4 Å². The number of nitrogens with zero attached hydrogens (tertiary/aromatic N) is 5. The lowest BCUT2D eigenvalue weighted by molar-refractivity contribution is -0.383. The summed E-state index contributed by atoms with van der Waals surface area (Å²) >= 11 is 0. The van der Waals surface area contributed by atoms with Crippen LogP contribution in [0.25, 0.3) is 120 Å². The second kappa shape index (κ2) is 32.2. The van der Waals surface area contributed by atoms with Crippen LogP contribution >= 0.6 is 0 Å². The number of aromatic nitrogens is 4. The smallest absolute Gasteiger partial charge is 0.297 e. The van der Waals surface area contributed by atoms with Crippen LogP contribution in [-0.4, -0.2) is 32.0 Å². The maximum absolute atomic E-state index is 15.6. The molecule has 0 fully saturated rings. The van der Waals surface area contributed by atoms with Crippen molar-refractivity contribution in [3.8, 4) is 28.0 Å². The Kier molecular flexibility index (Phi) is 22.8. The Hall–Kier alpha value is -8.22. The topological polar surface area (TPSA) is 147 Å². The third-order valence-corrected chi connectivity index (χ3v) is 23.5. The van der Waals surface area contributed by atoms with Gasteiger partial charge < -0.3 is 10.2 Å². The maximum Gasteiger partial charge on any atom is 0.297 e. The van der Waals surface area contributed by atoms with Gasteiger partial charge in [0.25, 0.3) is 16.8 Å². The summed E-state index contributed by atoms with van der Waals surface area (Å²) in [4.78, 5) is 54.4. The van der Waals surface area contributed by atoms with Crippen LogP contribution in [-0.2, 0) is 0 Å². The summed E-state index contributed by atoms with van der Waals surface area (Å²) in [5.74, 6) is 1.70. The van der Waals surface area contributed by atoms with Crippen LogP contribution in [0.4, 0.5) is 11.4 Å². The zero-order valence-corrected chi connectivity index (χ0v) is 63.5. The van der Waals surface area contributed by atoms with E-state index in [0.29, 0.717) is 61.7 Å². The second-order valence-corrected chi connectivity index (χ2v) is 35.9. The first-order chi connectivity index (χ1) is 49.6. The van der Waals surface area contributed by atoms with E-state index in [1.165, 1.54) is 191 Å². The van der Waals surface area contributed by atoms with Gasteiger partial charge in [0.15, 0.2) is 5.52 Å². The highest BCUT2D eigenvalue weighted by Crippen LogP contribution is 2.48. The number of anilines is 1. The highest BCUT2D eigenvalue weighted by atomic mass is 28.4. The minimum atomic E-state index is -2.02. The van der Waals surface area contributed by atoms with E-state index in [1.54, 1.807) is 14.9 Å². The molecule has 13 aromatic rings. The van der Waals surface area contributed by atoms with Gasteiger partial charge in [-0.3, -0.25) is 28.5 Å². The fourth-order valence-electron chi connectivity index (χ4n) is 17.5. The Morgan fingerprint density at radius 2 is 0.765 bits per heavy atom. The molecule has 534 valence electrons. The number of non-ortho nitro benzene ring substituents is 1. The molecule has 2 unspecified atom stereocenters. The highest BCUT2D eigenvalue weighted by Gasteiger charge is 2.29. The maximum atomic E-state index is 15.6. The molecule has 11 nitrogen and oxygen atoms in total.